The number of benzene rings is 1. The SMILES string of the molecule is CC(C)C(=O)O[C@H]1[C@H](C2CC=C3C(N)=NC=NN32)O[C@]2(C)C(O[P@@](=O)(N[C@@H](C)C(=O)OC3CCC(C(F)(F)F)CC3)Oc3ccccc3)[C@]12OC(=O)C(C)C. The zero-order chi connectivity index (χ0) is 40.1. The number of ether oxygens (including phenoxy) is 4. The van der Waals surface area contributed by atoms with Gasteiger partial charge in [0.25, 0.3) is 0 Å². The summed E-state index contributed by atoms with van der Waals surface area (Å²) in [5, 5.41) is 8.57. The molecule has 2 unspecified atom stereocenters. The molecule has 15 nitrogen and oxygen atoms in total. The van der Waals surface area contributed by atoms with Crippen molar-refractivity contribution in [3.05, 3.63) is 42.1 Å². The number of nitrogens with one attached hydrogen (secondary N) is 1. The van der Waals surface area contributed by atoms with Gasteiger partial charge in [0.05, 0.1) is 29.5 Å². The first-order valence-corrected chi connectivity index (χ1v) is 19.9. The van der Waals surface area contributed by atoms with Gasteiger partial charge in [0.1, 0.15) is 42.0 Å². The topological polar surface area (TPSA) is 190 Å². The number of hydrogen-bond acceptors (Lipinski definition) is 14. The molecule has 0 bridgehead atoms. The highest BCUT2D eigenvalue weighted by Gasteiger charge is 2.92. The molecule has 2 saturated carbocycles. The average molecular weight is 798 g/mol. The minimum absolute atomic E-state index is 0.0105. The van der Waals surface area contributed by atoms with Crippen LogP contribution in [-0.2, 0) is 42.4 Å². The van der Waals surface area contributed by atoms with Crippen LogP contribution in [0.25, 0.3) is 0 Å². The van der Waals surface area contributed by atoms with Crippen molar-refractivity contribution in [3.63, 3.8) is 0 Å². The van der Waals surface area contributed by atoms with Crippen LogP contribution in [-0.4, -0.2) is 89.0 Å². The van der Waals surface area contributed by atoms with Crippen LogP contribution in [0.2, 0.25) is 0 Å². The summed E-state index contributed by atoms with van der Waals surface area (Å²) in [6.45, 7) is 9.41. The standard InChI is InChI=1S/C36H47F3N5O10P/c1-19(2)30(45)50-28-27(25-16-17-26-29(40)41-18-42-44(25)26)51-34(6)33(35(28,34)52-31(46)20(3)4)54-55(48,53-24-10-8-7-9-11-24)43-21(5)32(47)49-23-14-12-22(13-15-23)36(37,38)39/h7-11,17-23,25,27-28,33H,12-16H2,1-6H3,(H,43,48)(H2,40,41,42)/t21-,22?,23?,25?,27-,28-,33?,34+,35+,55+/m0/s1. The number of fused-ring (bicyclic) bond motifs is 2. The molecule has 1 aromatic carbocycles. The molecule has 0 spiro atoms. The lowest BCUT2D eigenvalue weighted by Crippen LogP contribution is -2.53. The first-order valence-electron chi connectivity index (χ1n) is 18.3. The zero-order valence-electron chi connectivity index (χ0n) is 31.4. The van der Waals surface area contributed by atoms with E-state index in [1.54, 1.807) is 57.8 Å². The number of carbonyl (C=O) groups excluding carboxylic acids is 3. The Morgan fingerprint density at radius 1 is 1.00 bits per heavy atom. The molecule has 1 aromatic rings. The van der Waals surface area contributed by atoms with Gasteiger partial charge in [-0.15, -0.1) is 0 Å². The number of halogens is 3. The van der Waals surface area contributed by atoms with E-state index in [4.69, 9.17) is 33.7 Å². The number of alkyl halides is 3. The molecule has 5 aliphatic rings. The summed E-state index contributed by atoms with van der Waals surface area (Å²) in [6, 6.07) is 5.98. The third-order valence-corrected chi connectivity index (χ3v) is 12.2. The summed E-state index contributed by atoms with van der Waals surface area (Å²) in [7, 11) is -4.68. The third kappa shape index (κ3) is 7.87. The van der Waals surface area contributed by atoms with Crippen LogP contribution in [0.1, 0.15) is 73.6 Å². The fourth-order valence-corrected chi connectivity index (χ4v) is 9.22. The number of hydrogen-bond donors (Lipinski definition) is 2. The van der Waals surface area contributed by atoms with Crippen molar-refractivity contribution >= 4 is 37.8 Å². The Labute approximate surface area is 316 Å². The summed E-state index contributed by atoms with van der Waals surface area (Å²) >= 11 is 0. The second-order valence-corrected chi connectivity index (χ2v) is 16.9. The monoisotopic (exact) mass is 797 g/mol. The van der Waals surface area contributed by atoms with Crippen LogP contribution in [0.3, 0.4) is 0 Å². The predicted molar refractivity (Wildman–Crippen MR) is 190 cm³/mol. The van der Waals surface area contributed by atoms with E-state index in [-0.39, 0.29) is 37.3 Å². The number of rotatable bonds is 13. The number of para-hydroxylation sites is 1. The minimum Gasteiger partial charge on any atom is -0.461 e. The quantitative estimate of drug-likeness (QED) is 0.152. The number of nitrogens with two attached hydrogens (primary N) is 1. The molecule has 2 aliphatic carbocycles. The Balaban J connectivity index is 1.30. The fraction of sp³-hybridized carbons (Fsp3) is 0.639. The average Bonchev–Trinajstić information content (AvgIpc) is 3.38. The second-order valence-electron chi connectivity index (χ2n) is 15.2. The summed E-state index contributed by atoms with van der Waals surface area (Å²) in [4.78, 5) is 44.2. The Morgan fingerprint density at radius 3 is 2.27 bits per heavy atom. The molecule has 8 atom stereocenters. The number of esters is 3. The van der Waals surface area contributed by atoms with Gasteiger partial charge < -0.3 is 29.2 Å². The van der Waals surface area contributed by atoms with Gasteiger partial charge in [-0.25, -0.2) is 9.56 Å². The molecule has 55 heavy (non-hydrogen) atoms. The smallest absolute Gasteiger partial charge is 0.459 e. The first kappa shape index (κ1) is 40.7. The van der Waals surface area contributed by atoms with Crippen LogP contribution >= 0.6 is 7.75 Å². The molecule has 3 fully saturated rings. The maximum Gasteiger partial charge on any atom is 0.459 e. The summed E-state index contributed by atoms with van der Waals surface area (Å²) in [5.41, 5.74) is 3.18. The van der Waals surface area contributed by atoms with Crippen LogP contribution in [0.15, 0.2) is 52.2 Å². The van der Waals surface area contributed by atoms with Gasteiger partial charge in [-0.1, -0.05) is 52.0 Å². The number of carbonyl (C=O) groups is 3. The number of aliphatic imine (C=N–C) groups is 1. The Hall–Kier alpha value is -3.99. The molecule has 0 aromatic heterocycles. The minimum atomic E-state index is -4.68. The zero-order valence-corrected chi connectivity index (χ0v) is 32.3. The number of hydrazone groups is 1. The van der Waals surface area contributed by atoms with Crippen molar-refractivity contribution in [2.45, 2.75) is 128 Å². The summed E-state index contributed by atoms with van der Waals surface area (Å²) < 4.78 is 91.3. The van der Waals surface area contributed by atoms with Crippen molar-refractivity contribution in [1.29, 1.82) is 0 Å². The van der Waals surface area contributed by atoms with E-state index in [1.807, 2.05) is 6.08 Å². The third-order valence-electron chi connectivity index (χ3n) is 10.6. The summed E-state index contributed by atoms with van der Waals surface area (Å²) in [6.07, 6.45) is -5.73. The molecular weight excluding hydrogens is 750 g/mol. The predicted octanol–water partition coefficient (Wildman–Crippen LogP) is 5.15. The second kappa shape index (κ2) is 15.2. The molecule has 3 heterocycles. The van der Waals surface area contributed by atoms with E-state index >= 15 is 0 Å². The Bertz CT molecular complexity index is 1790. The lowest BCUT2D eigenvalue weighted by atomic mass is 9.87. The van der Waals surface area contributed by atoms with Gasteiger partial charge in [0.15, 0.2) is 11.9 Å². The highest BCUT2D eigenvalue weighted by molar-refractivity contribution is 7.52. The van der Waals surface area contributed by atoms with E-state index in [9.17, 15) is 32.1 Å². The molecule has 302 valence electrons. The lowest BCUT2D eigenvalue weighted by molar-refractivity contribution is -0.189. The molecule has 0 amide bonds. The van der Waals surface area contributed by atoms with E-state index in [1.165, 1.54) is 25.4 Å². The van der Waals surface area contributed by atoms with Crippen molar-refractivity contribution in [2.24, 2.45) is 33.6 Å². The van der Waals surface area contributed by atoms with Crippen LogP contribution in [0.4, 0.5) is 13.2 Å². The molecule has 3 N–H and O–H groups in total. The fourth-order valence-electron chi connectivity index (χ4n) is 7.45. The van der Waals surface area contributed by atoms with Gasteiger partial charge in [-0.05, 0) is 58.1 Å². The van der Waals surface area contributed by atoms with Crippen molar-refractivity contribution < 1.29 is 60.1 Å². The highest BCUT2D eigenvalue weighted by Crippen LogP contribution is 2.69. The Morgan fingerprint density at radius 2 is 1.65 bits per heavy atom. The first-order chi connectivity index (χ1) is 25.8. The van der Waals surface area contributed by atoms with Crippen molar-refractivity contribution in [2.75, 3.05) is 0 Å². The Kier molecular flexibility index (Phi) is 11.2. The molecule has 6 rings (SSSR count). The van der Waals surface area contributed by atoms with E-state index in [2.05, 4.69) is 15.2 Å². The van der Waals surface area contributed by atoms with Crippen LogP contribution in [0, 0.1) is 17.8 Å². The van der Waals surface area contributed by atoms with Gasteiger partial charge in [-0.3, -0.25) is 23.9 Å². The largest absolute Gasteiger partial charge is 0.461 e. The molecule has 0 radical (unpaired) electrons. The van der Waals surface area contributed by atoms with Crippen molar-refractivity contribution in [3.8, 4) is 5.75 Å². The summed E-state index contributed by atoms with van der Waals surface area (Å²) in [5.74, 6) is -4.65. The van der Waals surface area contributed by atoms with Gasteiger partial charge in [0, 0.05) is 0 Å². The van der Waals surface area contributed by atoms with Crippen LogP contribution < -0.4 is 15.3 Å². The van der Waals surface area contributed by atoms with Crippen molar-refractivity contribution in [1.82, 2.24) is 10.1 Å². The molecular formula is C36H47F3N5O10P. The van der Waals surface area contributed by atoms with Gasteiger partial charge in [-0.2, -0.15) is 23.4 Å². The van der Waals surface area contributed by atoms with Crippen LogP contribution in [0.5, 0.6) is 5.75 Å². The van der Waals surface area contributed by atoms with E-state index < -0.39 is 97.3 Å². The maximum atomic E-state index is 14.9. The molecule has 19 heteroatoms. The maximum absolute atomic E-state index is 14.9. The van der Waals surface area contributed by atoms with Gasteiger partial charge in [0.2, 0.25) is 5.60 Å². The number of amidine groups is 1. The highest BCUT2D eigenvalue weighted by atomic mass is 31.2. The lowest BCUT2D eigenvalue weighted by Gasteiger charge is -2.36. The molecule has 1 saturated heterocycles. The van der Waals surface area contributed by atoms with E-state index in [0.717, 1.165) is 0 Å². The molecule has 3 aliphatic heterocycles. The normalized spacial score (nSPS) is 32.8. The van der Waals surface area contributed by atoms with Gasteiger partial charge >= 0.3 is 31.8 Å². The number of nitrogens with zero attached hydrogens (tertiary/aromatic N) is 3. The van der Waals surface area contributed by atoms with E-state index in [0.29, 0.717) is 12.1 Å².